The van der Waals surface area contributed by atoms with E-state index in [4.69, 9.17) is 0 Å². The SMILES string of the molecule is CCCNC(CC(C)C)C1=CCCC1. The van der Waals surface area contributed by atoms with Gasteiger partial charge in [0.25, 0.3) is 0 Å². The largest absolute Gasteiger partial charge is 0.310 e. The summed E-state index contributed by atoms with van der Waals surface area (Å²) < 4.78 is 0. The van der Waals surface area contributed by atoms with Gasteiger partial charge in [0, 0.05) is 6.04 Å². The number of nitrogens with one attached hydrogen (secondary N) is 1. The summed E-state index contributed by atoms with van der Waals surface area (Å²) in [6.45, 7) is 8.03. The molecule has 1 heteroatoms. The highest BCUT2D eigenvalue weighted by molar-refractivity contribution is 5.15. The first-order chi connectivity index (χ1) is 6.74. The van der Waals surface area contributed by atoms with Crippen molar-refractivity contribution in [2.45, 2.75) is 58.9 Å². The molecule has 0 amide bonds. The Hall–Kier alpha value is -0.300. The molecule has 1 N–H and O–H groups in total. The predicted molar refractivity (Wildman–Crippen MR) is 63.5 cm³/mol. The maximum atomic E-state index is 3.67. The van der Waals surface area contributed by atoms with Crippen LogP contribution in [0.2, 0.25) is 0 Å². The fourth-order valence-electron chi connectivity index (χ4n) is 2.17. The summed E-state index contributed by atoms with van der Waals surface area (Å²) in [5.74, 6) is 0.797. The van der Waals surface area contributed by atoms with Crippen molar-refractivity contribution in [2.75, 3.05) is 6.54 Å². The van der Waals surface area contributed by atoms with Crippen molar-refractivity contribution in [1.82, 2.24) is 5.32 Å². The molecule has 1 aliphatic carbocycles. The molecule has 82 valence electrons. The van der Waals surface area contributed by atoms with Gasteiger partial charge in [0.1, 0.15) is 0 Å². The molecule has 0 bridgehead atoms. The van der Waals surface area contributed by atoms with Crippen molar-refractivity contribution < 1.29 is 0 Å². The Labute approximate surface area is 89.0 Å². The topological polar surface area (TPSA) is 12.0 Å². The van der Waals surface area contributed by atoms with Crippen LogP contribution in [0.4, 0.5) is 0 Å². The summed E-state index contributed by atoms with van der Waals surface area (Å²) >= 11 is 0. The molecule has 1 atom stereocenters. The van der Waals surface area contributed by atoms with E-state index in [2.05, 4.69) is 32.2 Å². The molecule has 0 aromatic rings. The van der Waals surface area contributed by atoms with E-state index < -0.39 is 0 Å². The van der Waals surface area contributed by atoms with E-state index in [1.54, 1.807) is 5.57 Å². The Morgan fingerprint density at radius 1 is 1.43 bits per heavy atom. The third-order valence-corrected chi connectivity index (χ3v) is 2.87. The third kappa shape index (κ3) is 3.83. The van der Waals surface area contributed by atoms with Crippen molar-refractivity contribution in [1.29, 1.82) is 0 Å². The highest BCUT2D eigenvalue weighted by Gasteiger charge is 2.17. The van der Waals surface area contributed by atoms with E-state index >= 15 is 0 Å². The predicted octanol–water partition coefficient (Wildman–Crippen LogP) is 3.51. The molecule has 1 nitrogen and oxygen atoms in total. The fourth-order valence-corrected chi connectivity index (χ4v) is 2.17. The van der Waals surface area contributed by atoms with Gasteiger partial charge in [-0.05, 0) is 44.6 Å². The molecular weight excluding hydrogens is 170 g/mol. The zero-order valence-electron chi connectivity index (χ0n) is 9.97. The van der Waals surface area contributed by atoms with E-state index in [1.807, 2.05) is 0 Å². The van der Waals surface area contributed by atoms with Crippen LogP contribution in [0.25, 0.3) is 0 Å². The first-order valence-electron chi connectivity index (χ1n) is 6.16. The molecule has 0 spiro atoms. The second-order valence-corrected chi connectivity index (χ2v) is 4.81. The van der Waals surface area contributed by atoms with Crippen molar-refractivity contribution in [3.63, 3.8) is 0 Å². The summed E-state index contributed by atoms with van der Waals surface area (Å²) in [4.78, 5) is 0. The minimum atomic E-state index is 0.664. The van der Waals surface area contributed by atoms with Crippen LogP contribution in [-0.4, -0.2) is 12.6 Å². The quantitative estimate of drug-likeness (QED) is 0.640. The van der Waals surface area contributed by atoms with Crippen molar-refractivity contribution >= 4 is 0 Å². The van der Waals surface area contributed by atoms with E-state index in [9.17, 15) is 0 Å². The maximum absolute atomic E-state index is 3.67. The number of hydrogen-bond acceptors (Lipinski definition) is 1. The van der Waals surface area contributed by atoms with Crippen LogP contribution in [0.15, 0.2) is 11.6 Å². The Kier molecular flexibility index (Phi) is 5.24. The number of allylic oxidation sites excluding steroid dienone is 1. The lowest BCUT2D eigenvalue weighted by molar-refractivity contribution is 0.452. The molecule has 0 aliphatic heterocycles. The lowest BCUT2D eigenvalue weighted by Gasteiger charge is -2.22. The van der Waals surface area contributed by atoms with Crippen LogP contribution in [0.5, 0.6) is 0 Å². The van der Waals surface area contributed by atoms with Gasteiger partial charge in [-0.2, -0.15) is 0 Å². The zero-order valence-corrected chi connectivity index (χ0v) is 9.97. The van der Waals surface area contributed by atoms with Gasteiger partial charge in [-0.15, -0.1) is 0 Å². The molecule has 0 radical (unpaired) electrons. The molecular formula is C13H25N. The Morgan fingerprint density at radius 2 is 2.21 bits per heavy atom. The molecule has 1 unspecified atom stereocenters. The van der Waals surface area contributed by atoms with Gasteiger partial charge in [-0.3, -0.25) is 0 Å². The van der Waals surface area contributed by atoms with Gasteiger partial charge < -0.3 is 5.32 Å². The van der Waals surface area contributed by atoms with Crippen LogP contribution >= 0.6 is 0 Å². The fraction of sp³-hybridized carbons (Fsp3) is 0.846. The monoisotopic (exact) mass is 195 g/mol. The van der Waals surface area contributed by atoms with Gasteiger partial charge in [0.15, 0.2) is 0 Å². The Bertz CT molecular complexity index is 182. The van der Waals surface area contributed by atoms with Crippen molar-refractivity contribution in [2.24, 2.45) is 5.92 Å². The Balaban J connectivity index is 2.42. The van der Waals surface area contributed by atoms with Crippen molar-refractivity contribution in [3.8, 4) is 0 Å². The summed E-state index contributed by atoms with van der Waals surface area (Å²) in [5, 5.41) is 3.67. The molecule has 0 aromatic carbocycles. The molecule has 1 aliphatic rings. The van der Waals surface area contributed by atoms with E-state index in [-0.39, 0.29) is 0 Å². The van der Waals surface area contributed by atoms with Gasteiger partial charge in [0.2, 0.25) is 0 Å². The lowest BCUT2D eigenvalue weighted by Crippen LogP contribution is -2.32. The van der Waals surface area contributed by atoms with Gasteiger partial charge in [0.05, 0.1) is 0 Å². The minimum Gasteiger partial charge on any atom is -0.310 e. The summed E-state index contributed by atoms with van der Waals surface area (Å²) in [6.07, 6.45) is 8.99. The number of hydrogen-bond donors (Lipinski definition) is 1. The highest BCUT2D eigenvalue weighted by atomic mass is 14.9. The molecule has 0 heterocycles. The molecule has 0 saturated heterocycles. The van der Waals surface area contributed by atoms with E-state index in [0.717, 1.165) is 12.5 Å². The van der Waals surface area contributed by atoms with Crippen LogP contribution in [-0.2, 0) is 0 Å². The average molecular weight is 195 g/mol. The summed E-state index contributed by atoms with van der Waals surface area (Å²) in [7, 11) is 0. The number of rotatable bonds is 6. The molecule has 0 saturated carbocycles. The standard InChI is InChI=1S/C13H25N/c1-4-9-14-13(10-11(2)3)12-7-5-6-8-12/h7,11,13-14H,4-6,8-10H2,1-3H3. The van der Waals surface area contributed by atoms with Crippen LogP contribution in [0.1, 0.15) is 52.9 Å². The average Bonchev–Trinajstić information content (AvgIpc) is 2.64. The second-order valence-electron chi connectivity index (χ2n) is 4.81. The van der Waals surface area contributed by atoms with Crippen LogP contribution in [0.3, 0.4) is 0 Å². The minimum absolute atomic E-state index is 0.664. The first kappa shape index (κ1) is 11.8. The smallest absolute Gasteiger partial charge is 0.0281 e. The first-order valence-corrected chi connectivity index (χ1v) is 6.16. The van der Waals surface area contributed by atoms with Gasteiger partial charge >= 0.3 is 0 Å². The molecule has 0 fully saturated rings. The molecule has 0 aromatic heterocycles. The van der Waals surface area contributed by atoms with E-state index in [1.165, 1.54) is 32.1 Å². The van der Waals surface area contributed by atoms with Crippen LogP contribution in [0, 0.1) is 5.92 Å². The molecule has 14 heavy (non-hydrogen) atoms. The summed E-state index contributed by atoms with van der Waals surface area (Å²) in [5.41, 5.74) is 1.67. The highest BCUT2D eigenvalue weighted by Crippen LogP contribution is 2.24. The van der Waals surface area contributed by atoms with Crippen LogP contribution < -0.4 is 5.32 Å². The molecule has 1 rings (SSSR count). The summed E-state index contributed by atoms with van der Waals surface area (Å²) in [6, 6.07) is 0.664. The maximum Gasteiger partial charge on any atom is 0.0281 e. The normalized spacial score (nSPS) is 18.7. The van der Waals surface area contributed by atoms with Gasteiger partial charge in [-0.25, -0.2) is 0 Å². The lowest BCUT2D eigenvalue weighted by atomic mass is 9.96. The van der Waals surface area contributed by atoms with E-state index in [0.29, 0.717) is 6.04 Å². The van der Waals surface area contributed by atoms with Crippen molar-refractivity contribution in [3.05, 3.63) is 11.6 Å². The van der Waals surface area contributed by atoms with Gasteiger partial charge in [-0.1, -0.05) is 32.4 Å². The Morgan fingerprint density at radius 3 is 2.71 bits per heavy atom. The second kappa shape index (κ2) is 6.23. The zero-order chi connectivity index (χ0) is 10.4. The third-order valence-electron chi connectivity index (χ3n) is 2.87.